The molecular weight excluding hydrogens is 136 g/mol. The molecule has 0 heterocycles. The van der Waals surface area contributed by atoms with E-state index in [0.29, 0.717) is 0 Å². The van der Waals surface area contributed by atoms with Gasteiger partial charge >= 0.3 is 0 Å². The van der Waals surface area contributed by atoms with E-state index in [1.807, 2.05) is 21.0 Å². The Bertz CT molecular complexity index is 200. The molecule has 1 aliphatic carbocycles. The van der Waals surface area contributed by atoms with Crippen LogP contribution in [0.1, 0.15) is 13.3 Å². The predicted molar refractivity (Wildman–Crippen MR) is 48.1 cm³/mol. The predicted octanol–water partition coefficient (Wildman–Crippen LogP) is 1.11. The molecule has 0 aromatic heterocycles. The zero-order valence-electron chi connectivity index (χ0n) is 7.46. The Morgan fingerprint density at radius 3 is 2.55 bits per heavy atom. The minimum absolute atomic E-state index is 0.139. The van der Waals surface area contributed by atoms with Gasteiger partial charge in [0.2, 0.25) is 0 Å². The second-order valence-corrected chi connectivity index (χ2v) is 3.57. The first-order valence-corrected chi connectivity index (χ1v) is 3.87. The van der Waals surface area contributed by atoms with E-state index in [9.17, 15) is 0 Å². The standard InChI is InChI=1S/C9H16N2/c1-9(10)6-4-8(5-7-9)11(2)3/h4-6H,7,10H2,1-3H3. The van der Waals surface area contributed by atoms with Gasteiger partial charge in [-0.2, -0.15) is 0 Å². The highest BCUT2D eigenvalue weighted by Crippen LogP contribution is 2.18. The minimum Gasteiger partial charge on any atom is -0.378 e. The molecule has 1 aliphatic rings. The zero-order chi connectivity index (χ0) is 8.48. The molecule has 0 bridgehead atoms. The molecule has 0 spiro atoms. The molecule has 2 N–H and O–H groups in total. The summed E-state index contributed by atoms with van der Waals surface area (Å²) < 4.78 is 0. The van der Waals surface area contributed by atoms with Crippen molar-refractivity contribution in [1.82, 2.24) is 4.90 Å². The molecule has 0 saturated heterocycles. The van der Waals surface area contributed by atoms with Crippen LogP contribution in [0.2, 0.25) is 0 Å². The molecule has 0 radical (unpaired) electrons. The van der Waals surface area contributed by atoms with Crippen molar-refractivity contribution in [2.45, 2.75) is 18.9 Å². The Hall–Kier alpha value is -0.760. The first-order valence-electron chi connectivity index (χ1n) is 3.87. The van der Waals surface area contributed by atoms with E-state index in [-0.39, 0.29) is 5.54 Å². The highest BCUT2D eigenvalue weighted by molar-refractivity contribution is 5.26. The number of hydrogen-bond donors (Lipinski definition) is 1. The molecule has 0 aliphatic heterocycles. The maximum absolute atomic E-state index is 5.89. The lowest BCUT2D eigenvalue weighted by molar-refractivity contribution is 0.502. The third-order valence-corrected chi connectivity index (χ3v) is 1.90. The van der Waals surface area contributed by atoms with Crippen molar-refractivity contribution in [2.75, 3.05) is 14.1 Å². The van der Waals surface area contributed by atoms with Gasteiger partial charge in [0.25, 0.3) is 0 Å². The van der Waals surface area contributed by atoms with Crippen molar-refractivity contribution in [1.29, 1.82) is 0 Å². The quantitative estimate of drug-likeness (QED) is 0.610. The van der Waals surface area contributed by atoms with Gasteiger partial charge in [-0.25, -0.2) is 0 Å². The van der Waals surface area contributed by atoms with E-state index >= 15 is 0 Å². The van der Waals surface area contributed by atoms with Crippen LogP contribution in [0.4, 0.5) is 0 Å². The van der Waals surface area contributed by atoms with Crippen LogP contribution in [0, 0.1) is 0 Å². The summed E-state index contributed by atoms with van der Waals surface area (Å²) in [5, 5.41) is 0. The third-order valence-electron chi connectivity index (χ3n) is 1.90. The van der Waals surface area contributed by atoms with Gasteiger partial charge in [-0.3, -0.25) is 0 Å². The number of nitrogens with two attached hydrogens (primary N) is 1. The summed E-state index contributed by atoms with van der Waals surface area (Å²) in [5.41, 5.74) is 6.99. The average Bonchev–Trinajstić information content (AvgIpc) is 1.86. The van der Waals surface area contributed by atoms with Crippen LogP contribution in [0.5, 0.6) is 0 Å². The van der Waals surface area contributed by atoms with Gasteiger partial charge < -0.3 is 10.6 Å². The average molecular weight is 152 g/mol. The van der Waals surface area contributed by atoms with Crippen molar-refractivity contribution < 1.29 is 0 Å². The number of hydrogen-bond acceptors (Lipinski definition) is 2. The van der Waals surface area contributed by atoms with Gasteiger partial charge in [0.05, 0.1) is 0 Å². The first-order chi connectivity index (χ1) is 5.01. The summed E-state index contributed by atoms with van der Waals surface area (Å²) in [6.45, 7) is 2.03. The van der Waals surface area contributed by atoms with Crippen LogP contribution in [0.25, 0.3) is 0 Å². The Labute approximate surface area is 68.4 Å². The molecule has 1 unspecified atom stereocenters. The van der Waals surface area contributed by atoms with Gasteiger partial charge in [0.15, 0.2) is 0 Å². The molecule has 1 atom stereocenters. The number of allylic oxidation sites excluding steroid dienone is 1. The maximum Gasteiger partial charge on any atom is 0.0350 e. The van der Waals surface area contributed by atoms with Crippen LogP contribution in [0.15, 0.2) is 23.9 Å². The van der Waals surface area contributed by atoms with E-state index in [1.165, 1.54) is 5.70 Å². The van der Waals surface area contributed by atoms with Crippen molar-refractivity contribution >= 4 is 0 Å². The normalized spacial score (nSPS) is 30.0. The van der Waals surface area contributed by atoms with Crippen molar-refractivity contribution in [3.8, 4) is 0 Å². The molecule has 0 saturated carbocycles. The number of nitrogens with zero attached hydrogens (tertiary/aromatic N) is 1. The lowest BCUT2D eigenvalue weighted by Crippen LogP contribution is -2.34. The highest BCUT2D eigenvalue weighted by Gasteiger charge is 2.16. The summed E-state index contributed by atoms with van der Waals surface area (Å²) in [5.74, 6) is 0. The van der Waals surface area contributed by atoms with E-state index in [0.717, 1.165) is 6.42 Å². The molecule has 62 valence electrons. The molecule has 2 heteroatoms. The summed E-state index contributed by atoms with van der Waals surface area (Å²) in [4.78, 5) is 2.09. The van der Waals surface area contributed by atoms with E-state index in [1.54, 1.807) is 0 Å². The SMILES string of the molecule is CN(C)C1=CCC(C)(N)C=C1. The number of likely N-dealkylation sites (N-methyl/N-ethyl adjacent to an activating group) is 1. The van der Waals surface area contributed by atoms with Gasteiger partial charge in [-0.15, -0.1) is 0 Å². The lowest BCUT2D eigenvalue weighted by Gasteiger charge is -2.25. The Balaban J connectivity index is 2.68. The smallest absolute Gasteiger partial charge is 0.0350 e. The number of rotatable bonds is 1. The first kappa shape index (κ1) is 8.34. The van der Waals surface area contributed by atoms with Gasteiger partial charge in [0, 0.05) is 25.3 Å². The lowest BCUT2D eigenvalue weighted by atomic mass is 9.94. The Kier molecular flexibility index (Phi) is 2.05. The fourth-order valence-corrected chi connectivity index (χ4v) is 1.07. The van der Waals surface area contributed by atoms with Crippen LogP contribution in [0.3, 0.4) is 0 Å². The second kappa shape index (κ2) is 2.70. The third kappa shape index (κ3) is 2.09. The summed E-state index contributed by atoms with van der Waals surface area (Å²) in [6, 6.07) is 0. The maximum atomic E-state index is 5.89. The largest absolute Gasteiger partial charge is 0.378 e. The molecule has 0 aromatic rings. The molecule has 0 amide bonds. The van der Waals surface area contributed by atoms with Crippen LogP contribution >= 0.6 is 0 Å². The van der Waals surface area contributed by atoms with Crippen LogP contribution in [-0.4, -0.2) is 24.5 Å². The van der Waals surface area contributed by atoms with Crippen LogP contribution < -0.4 is 5.73 Å². The molecule has 0 fully saturated rings. The van der Waals surface area contributed by atoms with Gasteiger partial charge in [0.1, 0.15) is 0 Å². The Morgan fingerprint density at radius 2 is 2.18 bits per heavy atom. The van der Waals surface area contributed by atoms with E-state index in [2.05, 4.69) is 23.1 Å². The topological polar surface area (TPSA) is 29.3 Å². The fraction of sp³-hybridized carbons (Fsp3) is 0.556. The minimum atomic E-state index is -0.139. The van der Waals surface area contributed by atoms with Crippen LogP contribution in [-0.2, 0) is 0 Å². The van der Waals surface area contributed by atoms with Crippen molar-refractivity contribution in [3.63, 3.8) is 0 Å². The monoisotopic (exact) mass is 152 g/mol. The Morgan fingerprint density at radius 1 is 1.55 bits per heavy atom. The molecule has 11 heavy (non-hydrogen) atoms. The van der Waals surface area contributed by atoms with E-state index < -0.39 is 0 Å². The van der Waals surface area contributed by atoms with Gasteiger partial charge in [-0.05, 0) is 19.4 Å². The van der Waals surface area contributed by atoms with Gasteiger partial charge in [-0.1, -0.05) is 12.2 Å². The summed E-state index contributed by atoms with van der Waals surface area (Å²) in [6.07, 6.45) is 7.23. The molecule has 2 nitrogen and oxygen atoms in total. The van der Waals surface area contributed by atoms with Crippen molar-refractivity contribution in [3.05, 3.63) is 23.9 Å². The zero-order valence-corrected chi connectivity index (χ0v) is 7.46. The van der Waals surface area contributed by atoms with E-state index in [4.69, 9.17) is 5.73 Å². The van der Waals surface area contributed by atoms with Crippen molar-refractivity contribution in [2.24, 2.45) is 5.73 Å². The summed E-state index contributed by atoms with van der Waals surface area (Å²) in [7, 11) is 4.07. The molecular formula is C9H16N2. The molecule has 1 rings (SSSR count). The highest BCUT2D eigenvalue weighted by atomic mass is 15.1. The second-order valence-electron chi connectivity index (χ2n) is 3.57. The molecule has 0 aromatic carbocycles. The fourth-order valence-electron chi connectivity index (χ4n) is 1.07. The summed E-state index contributed by atoms with van der Waals surface area (Å²) >= 11 is 0.